The number of rotatable bonds is 8. The van der Waals surface area contributed by atoms with E-state index in [9.17, 15) is 0 Å². The average molecular weight is 443 g/mol. The SMILES string of the molecule is CCCOc1c(Br)cc(CNc2ccc(Br)cc2)cc1OCC. The van der Waals surface area contributed by atoms with Crippen LogP contribution in [0.2, 0.25) is 0 Å². The molecule has 0 fully saturated rings. The van der Waals surface area contributed by atoms with E-state index in [4.69, 9.17) is 9.47 Å². The van der Waals surface area contributed by atoms with Crippen LogP contribution >= 0.6 is 31.9 Å². The number of anilines is 1. The lowest BCUT2D eigenvalue weighted by molar-refractivity contribution is 0.275. The third-order valence-corrected chi connectivity index (χ3v) is 4.28. The highest BCUT2D eigenvalue weighted by molar-refractivity contribution is 9.10. The van der Waals surface area contributed by atoms with Gasteiger partial charge in [0.15, 0.2) is 11.5 Å². The van der Waals surface area contributed by atoms with Crippen LogP contribution in [0.5, 0.6) is 11.5 Å². The van der Waals surface area contributed by atoms with E-state index in [0.717, 1.165) is 38.1 Å². The molecule has 0 unspecified atom stereocenters. The van der Waals surface area contributed by atoms with Gasteiger partial charge in [0.25, 0.3) is 0 Å². The van der Waals surface area contributed by atoms with Crippen LogP contribution in [0.4, 0.5) is 5.69 Å². The van der Waals surface area contributed by atoms with Crippen LogP contribution in [0, 0.1) is 0 Å². The Bertz CT molecular complexity index is 630. The zero-order valence-electron chi connectivity index (χ0n) is 13.4. The van der Waals surface area contributed by atoms with Gasteiger partial charge in [-0.25, -0.2) is 0 Å². The summed E-state index contributed by atoms with van der Waals surface area (Å²) >= 11 is 7.04. The fraction of sp³-hybridized carbons (Fsp3) is 0.333. The van der Waals surface area contributed by atoms with Gasteiger partial charge in [-0.3, -0.25) is 0 Å². The van der Waals surface area contributed by atoms with Crippen LogP contribution in [0.1, 0.15) is 25.8 Å². The number of halogens is 2. The summed E-state index contributed by atoms with van der Waals surface area (Å²) < 4.78 is 13.5. The fourth-order valence-electron chi connectivity index (χ4n) is 2.10. The Labute approximate surface area is 154 Å². The highest BCUT2D eigenvalue weighted by atomic mass is 79.9. The Hall–Kier alpha value is -1.20. The van der Waals surface area contributed by atoms with Gasteiger partial charge >= 0.3 is 0 Å². The Morgan fingerprint density at radius 3 is 2.39 bits per heavy atom. The minimum absolute atomic E-state index is 0.610. The molecular formula is C18H21Br2NO2. The summed E-state index contributed by atoms with van der Waals surface area (Å²) in [4.78, 5) is 0. The first-order valence-corrected chi connectivity index (χ1v) is 9.30. The quantitative estimate of drug-likeness (QED) is 0.542. The van der Waals surface area contributed by atoms with Crippen molar-refractivity contribution in [2.24, 2.45) is 0 Å². The van der Waals surface area contributed by atoms with Gasteiger partial charge in [0.2, 0.25) is 0 Å². The Kier molecular flexibility index (Phi) is 7.24. The summed E-state index contributed by atoms with van der Waals surface area (Å²) in [6.45, 7) is 6.07. The zero-order chi connectivity index (χ0) is 16.7. The van der Waals surface area contributed by atoms with Crippen molar-refractivity contribution >= 4 is 37.5 Å². The van der Waals surface area contributed by atoms with Gasteiger partial charge in [0.1, 0.15) is 0 Å². The van der Waals surface area contributed by atoms with Crippen molar-refractivity contribution in [1.29, 1.82) is 0 Å². The molecule has 0 aliphatic carbocycles. The van der Waals surface area contributed by atoms with Crippen molar-refractivity contribution in [2.45, 2.75) is 26.8 Å². The number of nitrogens with one attached hydrogen (secondary N) is 1. The van der Waals surface area contributed by atoms with Crippen LogP contribution in [-0.2, 0) is 6.54 Å². The number of hydrogen-bond donors (Lipinski definition) is 1. The number of hydrogen-bond acceptors (Lipinski definition) is 3. The molecule has 0 spiro atoms. The first kappa shape index (κ1) is 18.1. The Morgan fingerprint density at radius 1 is 1.00 bits per heavy atom. The average Bonchev–Trinajstić information content (AvgIpc) is 2.54. The van der Waals surface area contributed by atoms with Gasteiger partial charge in [-0.2, -0.15) is 0 Å². The highest BCUT2D eigenvalue weighted by Crippen LogP contribution is 2.37. The van der Waals surface area contributed by atoms with E-state index in [-0.39, 0.29) is 0 Å². The van der Waals surface area contributed by atoms with Crippen LogP contribution in [0.3, 0.4) is 0 Å². The van der Waals surface area contributed by atoms with Gasteiger partial charge in [0, 0.05) is 16.7 Å². The predicted octanol–water partition coefficient (Wildman–Crippen LogP) is 6.01. The van der Waals surface area contributed by atoms with E-state index in [1.807, 2.05) is 37.3 Å². The van der Waals surface area contributed by atoms with Crippen molar-refractivity contribution < 1.29 is 9.47 Å². The van der Waals surface area contributed by atoms with Gasteiger partial charge in [-0.15, -0.1) is 0 Å². The molecule has 0 aliphatic rings. The summed E-state index contributed by atoms with van der Waals surface area (Å²) in [5.74, 6) is 1.56. The second-order valence-corrected chi connectivity index (χ2v) is 6.82. The molecule has 0 saturated carbocycles. The molecule has 0 bridgehead atoms. The van der Waals surface area contributed by atoms with Crippen LogP contribution in [0.25, 0.3) is 0 Å². The van der Waals surface area contributed by atoms with Crippen molar-refractivity contribution in [3.63, 3.8) is 0 Å². The van der Waals surface area contributed by atoms with Gasteiger partial charge in [0.05, 0.1) is 17.7 Å². The molecule has 0 saturated heterocycles. The molecule has 0 amide bonds. The van der Waals surface area contributed by atoms with E-state index in [0.29, 0.717) is 19.8 Å². The minimum atomic E-state index is 0.610. The maximum absolute atomic E-state index is 5.80. The van der Waals surface area contributed by atoms with Crippen molar-refractivity contribution in [3.05, 3.63) is 50.9 Å². The van der Waals surface area contributed by atoms with Crippen molar-refractivity contribution in [1.82, 2.24) is 0 Å². The first-order valence-electron chi connectivity index (χ1n) is 7.71. The van der Waals surface area contributed by atoms with E-state index >= 15 is 0 Å². The monoisotopic (exact) mass is 441 g/mol. The Balaban J connectivity index is 2.13. The van der Waals surface area contributed by atoms with Crippen LogP contribution in [-0.4, -0.2) is 13.2 Å². The molecule has 1 N–H and O–H groups in total. The number of benzene rings is 2. The molecule has 0 atom stereocenters. The molecule has 0 aromatic heterocycles. The molecule has 23 heavy (non-hydrogen) atoms. The van der Waals surface area contributed by atoms with Crippen LogP contribution in [0.15, 0.2) is 45.3 Å². The molecule has 2 aromatic carbocycles. The minimum Gasteiger partial charge on any atom is -0.490 e. The summed E-state index contributed by atoms with van der Waals surface area (Å²) in [5, 5.41) is 3.41. The third kappa shape index (κ3) is 5.43. The van der Waals surface area contributed by atoms with E-state index in [2.05, 4.69) is 50.2 Å². The molecule has 3 nitrogen and oxygen atoms in total. The molecule has 0 heterocycles. The smallest absolute Gasteiger partial charge is 0.175 e. The van der Waals surface area contributed by atoms with E-state index in [1.165, 1.54) is 0 Å². The molecule has 2 rings (SSSR count). The summed E-state index contributed by atoms with van der Waals surface area (Å²) in [7, 11) is 0. The fourth-order valence-corrected chi connectivity index (χ4v) is 2.97. The maximum Gasteiger partial charge on any atom is 0.175 e. The predicted molar refractivity (Wildman–Crippen MR) is 103 cm³/mol. The normalized spacial score (nSPS) is 10.4. The van der Waals surface area contributed by atoms with E-state index in [1.54, 1.807) is 0 Å². The Morgan fingerprint density at radius 2 is 1.74 bits per heavy atom. The van der Waals surface area contributed by atoms with Gasteiger partial charge in [-0.05, 0) is 71.2 Å². The van der Waals surface area contributed by atoms with Crippen LogP contribution < -0.4 is 14.8 Å². The first-order chi connectivity index (χ1) is 11.1. The second-order valence-electron chi connectivity index (χ2n) is 5.05. The lowest BCUT2D eigenvalue weighted by Crippen LogP contribution is -2.04. The maximum atomic E-state index is 5.80. The lowest BCUT2D eigenvalue weighted by Gasteiger charge is -2.15. The van der Waals surface area contributed by atoms with E-state index < -0.39 is 0 Å². The van der Waals surface area contributed by atoms with Crippen molar-refractivity contribution in [2.75, 3.05) is 18.5 Å². The standard InChI is InChI=1S/C18H21Br2NO2/c1-3-9-23-18-16(20)10-13(11-17(18)22-4-2)12-21-15-7-5-14(19)6-8-15/h5-8,10-11,21H,3-4,9,12H2,1-2H3. The summed E-state index contributed by atoms with van der Waals surface area (Å²) in [5.41, 5.74) is 2.21. The van der Waals surface area contributed by atoms with Gasteiger partial charge in [-0.1, -0.05) is 22.9 Å². The molecule has 5 heteroatoms. The molecule has 124 valence electrons. The topological polar surface area (TPSA) is 30.5 Å². The number of ether oxygens (including phenoxy) is 2. The molecular weight excluding hydrogens is 422 g/mol. The lowest BCUT2D eigenvalue weighted by atomic mass is 10.2. The third-order valence-electron chi connectivity index (χ3n) is 3.16. The molecule has 2 aromatic rings. The van der Waals surface area contributed by atoms with Gasteiger partial charge < -0.3 is 14.8 Å². The summed E-state index contributed by atoms with van der Waals surface area (Å²) in [6, 6.07) is 12.2. The zero-order valence-corrected chi connectivity index (χ0v) is 16.5. The van der Waals surface area contributed by atoms with Crippen molar-refractivity contribution in [3.8, 4) is 11.5 Å². The largest absolute Gasteiger partial charge is 0.490 e. The molecule has 0 radical (unpaired) electrons. The molecule has 0 aliphatic heterocycles. The highest BCUT2D eigenvalue weighted by Gasteiger charge is 2.12. The summed E-state index contributed by atoms with van der Waals surface area (Å²) in [6.07, 6.45) is 0.963. The second kappa shape index (κ2) is 9.18.